The van der Waals surface area contributed by atoms with Crippen LogP contribution >= 0.6 is 0 Å². The van der Waals surface area contributed by atoms with E-state index in [4.69, 9.17) is 15.0 Å². The maximum atomic E-state index is 5.27. The first-order valence-electron chi connectivity index (χ1n) is 17.9. The monoisotopic (exact) mass is 679 g/mol. The smallest absolute Gasteiger partial charge is 0.0972 e. The molecule has 0 saturated heterocycles. The molecule has 10 rings (SSSR count). The summed E-state index contributed by atoms with van der Waals surface area (Å²) in [6, 6.07) is 52.9. The van der Waals surface area contributed by atoms with Gasteiger partial charge in [0.05, 0.1) is 45.2 Å². The number of pyridine rings is 5. The molecule has 0 unspecified atom stereocenters. The summed E-state index contributed by atoms with van der Waals surface area (Å²) in [5.41, 5.74) is 16.4. The SMILES string of the molecule is CC1(C)c2ccccc2-c2ccc(-c3ccc4ccc5ccc(-c6ccc(-c7cc(-c8ccccn8)nc(-c8ccccn8)c7)cc6)nc5c4n3)cc21. The van der Waals surface area contributed by atoms with Gasteiger partial charge in [-0.05, 0) is 88.0 Å². The first-order chi connectivity index (χ1) is 26.0. The van der Waals surface area contributed by atoms with E-state index in [1.807, 2.05) is 36.4 Å². The number of benzene rings is 4. The second-order valence-electron chi connectivity index (χ2n) is 14.2. The van der Waals surface area contributed by atoms with Crippen molar-refractivity contribution in [2.45, 2.75) is 19.3 Å². The number of fused-ring (bicyclic) bond motifs is 6. The third-order valence-corrected chi connectivity index (χ3v) is 10.6. The van der Waals surface area contributed by atoms with Gasteiger partial charge in [-0.25, -0.2) is 15.0 Å². The van der Waals surface area contributed by atoms with Crippen LogP contribution in [-0.4, -0.2) is 24.9 Å². The zero-order valence-corrected chi connectivity index (χ0v) is 29.3. The third kappa shape index (κ3) is 5.28. The van der Waals surface area contributed by atoms with Crippen molar-refractivity contribution in [1.29, 1.82) is 0 Å². The predicted molar refractivity (Wildman–Crippen MR) is 215 cm³/mol. The van der Waals surface area contributed by atoms with Crippen LogP contribution < -0.4 is 0 Å². The molecule has 0 fully saturated rings. The van der Waals surface area contributed by atoms with Crippen molar-refractivity contribution in [3.63, 3.8) is 0 Å². The van der Waals surface area contributed by atoms with Gasteiger partial charge in [0, 0.05) is 39.7 Å². The summed E-state index contributed by atoms with van der Waals surface area (Å²) in [6.07, 6.45) is 3.59. The highest BCUT2D eigenvalue weighted by atomic mass is 14.8. The Hall–Kier alpha value is -6.85. The molecule has 0 amide bonds. The Morgan fingerprint density at radius 2 is 0.887 bits per heavy atom. The van der Waals surface area contributed by atoms with Crippen molar-refractivity contribution >= 4 is 21.8 Å². The highest BCUT2D eigenvalue weighted by molar-refractivity contribution is 6.04. The quantitative estimate of drug-likeness (QED) is 0.169. The molecule has 0 spiro atoms. The fourth-order valence-electron chi connectivity index (χ4n) is 7.77. The first-order valence-corrected chi connectivity index (χ1v) is 17.9. The number of aromatic nitrogens is 5. The van der Waals surface area contributed by atoms with Crippen LogP contribution in [0.4, 0.5) is 0 Å². The molecule has 0 saturated carbocycles. The van der Waals surface area contributed by atoms with Gasteiger partial charge in [-0.1, -0.05) is 111 Å². The van der Waals surface area contributed by atoms with E-state index in [2.05, 4.69) is 139 Å². The fraction of sp³-hybridized carbons (Fsp3) is 0.0625. The molecule has 53 heavy (non-hydrogen) atoms. The Bertz CT molecular complexity index is 2790. The maximum Gasteiger partial charge on any atom is 0.0972 e. The van der Waals surface area contributed by atoms with Crippen LogP contribution in [0.5, 0.6) is 0 Å². The summed E-state index contributed by atoms with van der Waals surface area (Å²) in [4.78, 5) is 24.6. The maximum absolute atomic E-state index is 5.27. The van der Waals surface area contributed by atoms with Gasteiger partial charge in [0.15, 0.2) is 0 Å². The Kier molecular flexibility index (Phi) is 7.08. The molecule has 5 nitrogen and oxygen atoms in total. The minimum Gasteiger partial charge on any atom is -0.255 e. The van der Waals surface area contributed by atoms with Gasteiger partial charge in [-0.2, -0.15) is 0 Å². The van der Waals surface area contributed by atoms with Crippen molar-refractivity contribution < 1.29 is 0 Å². The molecule has 1 aliphatic carbocycles. The van der Waals surface area contributed by atoms with Crippen molar-refractivity contribution in [3.05, 3.63) is 175 Å². The zero-order chi connectivity index (χ0) is 35.5. The molecule has 0 radical (unpaired) electrons. The molecule has 0 atom stereocenters. The molecule has 9 aromatic rings. The van der Waals surface area contributed by atoms with Crippen molar-refractivity contribution in [2.24, 2.45) is 0 Å². The number of hydrogen-bond donors (Lipinski definition) is 0. The fourth-order valence-corrected chi connectivity index (χ4v) is 7.77. The lowest BCUT2D eigenvalue weighted by atomic mass is 9.82. The summed E-state index contributed by atoms with van der Waals surface area (Å²) in [5.74, 6) is 0. The number of nitrogens with zero attached hydrogens (tertiary/aromatic N) is 5. The number of rotatable bonds is 5. The van der Waals surface area contributed by atoms with E-state index in [-0.39, 0.29) is 5.41 Å². The second-order valence-corrected chi connectivity index (χ2v) is 14.2. The Morgan fingerprint density at radius 3 is 1.51 bits per heavy atom. The largest absolute Gasteiger partial charge is 0.255 e. The molecule has 0 N–H and O–H groups in total. The molecule has 250 valence electrons. The highest BCUT2D eigenvalue weighted by Crippen LogP contribution is 2.49. The van der Waals surface area contributed by atoms with E-state index in [0.717, 1.165) is 78.2 Å². The van der Waals surface area contributed by atoms with Crippen LogP contribution in [0.25, 0.3) is 89.4 Å². The lowest BCUT2D eigenvalue weighted by Gasteiger charge is -2.21. The van der Waals surface area contributed by atoms with Gasteiger partial charge in [0.2, 0.25) is 0 Å². The van der Waals surface area contributed by atoms with Crippen molar-refractivity contribution in [1.82, 2.24) is 24.9 Å². The van der Waals surface area contributed by atoms with E-state index < -0.39 is 0 Å². The average Bonchev–Trinajstić information content (AvgIpc) is 3.46. The molecule has 5 heteroatoms. The van der Waals surface area contributed by atoms with Gasteiger partial charge in [-0.3, -0.25) is 9.97 Å². The molecule has 5 aromatic heterocycles. The van der Waals surface area contributed by atoms with E-state index in [9.17, 15) is 0 Å². The Morgan fingerprint density at radius 1 is 0.358 bits per heavy atom. The van der Waals surface area contributed by atoms with Crippen LogP contribution in [0.2, 0.25) is 0 Å². The molecule has 1 aliphatic rings. The lowest BCUT2D eigenvalue weighted by Crippen LogP contribution is -2.14. The van der Waals surface area contributed by atoms with Gasteiger partial charge < -0.3 is 0 Å². The van der Waals surface area contributed by atoms with E-state index in [1.54, 1.807) is 12.4 Å². The minimum atomic E-state index is -0.0718. The van der Waals surface area contributed by atoms with Crippen molar-refractivity contribution in [3.8, 4) is 67.5 Å². The second kappa shape index (κ2) is 12.1. The predicted octanol–water partition coefficient (Wildman–Crippen LogP) is 11.6. The van der Waals surface area contributed by atoms with Crippen molar-refractivity contribution in [2.75, 3.05) is 0 Å². The molecule has 5 heterocycles. The zero-order valence-electron chi connectivity index (χ0n) is 29.3. The lowest BCUT2D eigenvalue weighted by molar-refractivity contribution is 0.660. The summed E-state index contributed by atoms with van der Waals surface area (Å²) in [5, 5.41) is 2.13. The van der Waals surface area contributed by atoms with Crippen LogP contribution in [-0.2, 0) is 5.41 Å². The normalized spacial score (nSPS) is 12.9. The third-order valence-electron chi connectivity index (χ3n) is 10.6. The summed E-state index contributed by atoms with van der Waals surface area (Å²) in [7, 11) is 0. The standard InChI is InChI=1S/C48H33N5/c1-48(2)38-10-4-3-9-36(38)37-22-19-34(27-39(37)48)41-24-21-33-18-17-32-20-23-40(52-46(32)47(33)53-41)31-15-13-30(14-16-31)35-28-44(42-11-5-7-25-49-42)51-45(29-35)43-12-6-8-26-50-43/h3-29H,1-2H3. The molecule has 4 aromatic carbocycles. The Balaban J connectivity index is 1.02. The first kappa shape index (κ1) is 30.9. The molecular formula is C48H33N5. The Labute approximate surface area is 307 Å². The summed E-state index contributed by atoms with van der Waals surface area (Å²) in [6.45, 7) is 4.63. The van der Waals surface area contributed by atoms with Gasteiger partial charge >= 0.3 is 0 Å². The summed E-state index contributed by atoms with van der Waals surface area (Å²) >= 11 is 0. The van der Waals surface area contributed by atoms with Gasteiger partial charge in [0.1, 0.15) is 0 Å². The van der Waals surface area contributed by atoms with Crippen LogP contribution in [0, 0.1) is 0 Å². The summed E-state index contributed by atoms with van der Waals surface area (Å²) < 4.78 is 0. The average molecular weight is 680 g/mol. The van der Waals surface area contributed by atoms with Gasteiger partial charge in [-0.15, -0.1) is 0 Å². The minimum absolute atomic E-state index is 0.0718. The number of hydrogen-bond acceptors (Lipinski definition) is 5. The van der Waals surface area contributed by atoms with E-state index in [0.29, 0.717) is 0 Å². The van der Waals surface area contributed by atoms with Crippen LogP contribution in [0.15, 0.2) is 164 Å². The van der Waals surface area contributed by atoms with Crippen LogP contribution in [0.3, 0.4) is 0 Å². The van der Waals surface area contributed by atoms with Crippen LogP contribution in [0.1, 0.15) is 25.0 Å². The molecule has 0 aliphatic heterocycles. The van der Waals surface area contributed by atoms with E-state index in [1.165, 1.54) is 22.3 Å². The van der Waals surface area contributed by atoms with Gasteiger partial charge in [0.25, 0.3) is 0 Å². The molecular weight excluding hydrogens is 647 g/mol. The van der Waals surface area contributed by atoms with E-state index >= 15 is 0 Å². The molecule has 0 bridgehead atoms. The highest BCUT2D eigenvalue weighted by Gasteiger charge is 2.35. The topological polar surface area (TPSA) is 64.5 Å².